The summed E-state index contributed by atoms with van der Waals surface area (Å²) in [5.74, 6) is 0.681. The second kappa shape index (κ2) is 8.47. The molecule has 1 N–H and O–H groups in total. The van der Waals surface area contributed by atoms with Crippen molar-refractivity contribution < 1.29 is 4.74 Å². The predicted molar refractivity (Wildman–Crippen MR) is 90.8 cm³/mol. The molecule has 0 amide bonds. The van der Waals surface area contributed by atoms with Crippen LogP contribution >= 0.6 is 0 Å². The highest BCUT2D eigenvalue weighted by Gasteiger charge is 2.34. The van der Waals surface area contributed by atoms with Crippen LogP contribution in [0.5, 0.6) is 0 Å². The van der Waals surface area contributed by atoms with E-state index < -0.39 is 0 Å². The van der Waals surface area contributed by atoms with E-state index in [9.17, 15) is 0 Å². The van der Waals surface area contributed by atoms with Crippen molar-refractivity contribution in [3.63, 3.8) is 0 Å². The van der Waals surface area contributed by atoms with Gasteiger partial charge in [0.1, 0.15) is 0 Å². The average molecular weight is 300 g/mol. The first kappa shape index (κ1) is 18.9. The monoisotopic (exact) mass is 299 g/mol. The Morgan fingerprint density at radius 2 is 1.90 bits per heavy atom. The second-order valence-electron chi connectivity index (χ2n) is 8.05. The number of rotatable bonds is 7. The van der Waals surface area contributed by atoms with Gasteiger partial charge >= 0.3 is 0 Å². The lowest BCUT2D eigenvalue weighted by Crippen LogP contribution is -2.62. The molecule has 0 aromatic heterocycles. The van der Waals surface area contributed by atoms with E-state index >= 15 is 0 Å². The van der Waals surface area contributed by atoms with Gasteiger partial charge in [0, 0.05) is 38.3 Å². The van der Waals surface area contributed by atoms with Gasteiger partial charge in [0.25, 0.3) is 0 Å². The normalized spacial score (nSPS) is 25.0. The zero-order valence-electron chi connectivity index (χ0n) is 15.3. The van der Waals surface area contributed by atoms with Gasteiger partial charge in [0.2, 0.25) is 0 Å². The largest absolute Gasteiger partial charge is 0.379 e. The summed E-state index contributed by atoms with van der Waals surface area (Å²) >= 11 is 0. The van der Waals surface area contributed by atoms with E-state index in [2.05, 4.69) is 63.8 Å². The van der Waals surface area contributed by atoms with Gasteiger partial charge in [0.15, 0.2) is 0 Å². The summed E-state index contributed by atoms with van der Waals surface area (Å²) in [4.78, 5) is 4.80. The number of likely N-dealkylation sites (N-methyl/N-ethyl adjacent to an activating group) is 1. The minimum Gasteiger partial charge on any atom is -0.379 e. The van der Waals surface area contributed by atoms with E-state index in [1.54, 1.807) is 0 Å². The first-order valence-corrected chi connectivity index (χ1v) is 8.41. The molecule has 1 heterocycles. The molecule has 0 aromatic carbocycles. The third kappa shape index (κ3) is 6.64. The molecule has 1 saturated heterocycles. The molecule has 0 aromatic rings. The lowest BCUT2D eigenvalue weighted by Gasteiger charge is -2.46. The van der Waals surface area contributed by atoms with Crippen LogP contribution in [0, 0.1) is 11.3 Å². The Morgan fingerprint density at radius 3 is 2.43 bits per heavy atom. The van der Waals surface area contributed by atoms with Crippen LogP contribution in [0.1, 0.15) is 34.6 Å². The van der Waals surface area contributed by atoms with Crippen molar-refractivity contribution in [3.05, 3.63) is 0 Å². The van der Waals surface area contributed by atoms with E-state index in [0.29, 0.717) is 23.4 Å². The Hall–Kier alpha value is -0.160. The summed E-state index contributed by atoms with van der Waals surface area (Å²) in [6.07, 6.45) is 0. The van der Waals surface area contributed by atoms with Crippen LogP contribution in [0.4, 0.5) is 0 Å². The van der Waals surface area contributed by atoms with Gasteiger partial charge in [-0.2, -0.15) is 0 Å². The van der Waals surface area contributed by atoms with Gasteiger partial charge in [-0.15, -0.1) is 0 Å². The van der Waals surface area contributed by atoms with Gasteiger partial charge in [-0.3, -0.25) is 4.90 Å². The zero-order chi connectivity index (χ0) is 16.0. The molecule has 1 rings (SSSR count). The second-order valence-corrected chi connectivity index (χ2v) is 8.05. The fraction of sp³-hybridized carbons (Fsp3) is 1.00. The molecule has 1 aliphatic heterocycles. The summed E-state index contributed by atoms with van der Waals surface area (Å²) in [5.41, 5.74) is 0.311. The average Bonchev–Trinajstić information content (AvgIpc) is 2.36. The summed E-state index contributed by atoms with van der Waals surface area (Å²) in [6.45, 7) is 17.6. The van der Waals surface area contributed by atoms with Crippen LogP contribution in [0.3, 0.4) is 0 Å². The van der Waals surface area contributed by atoms with Crippen molar-refractivity contribution in [1.82, 2.24) is 15.1 Å². The Morgan fingerprint density at radius 1 is 1.24 bits per heavy atom. The molecule has 2 atom stereocenters. The van der Waals surface area contributed by atoms with Crippen molar-refractivity contribution in [2.75, 3.05) is 53.5 Å². The smallest absolute Gasteiger partial charge is 0.0594 e. The fourth-order valence-electron chi connectivity index (χ4n) is 2.85. The Bertz CT molecular complexity index is 286. The fourth-order valence-corrected chi connectivity index (χ4v) is 2.85. The first-order valence-electron chi connectivity index (χ1n) is 8.41. The molecule has 126 valence electrons. The molecule has 0 saturated carbocycles. The van der Waals surface area contributed by atoms with Crippen molar-refractivity contribution in [2.24, 2.45) is 11.3 Å². The number of nitrogens with zero attached hydrogens (tertiary/aromatic N) is 2. The van der Waals surface area contributed by atoms with E-state index in [1.807, 2.05) is 0 Å². The van der Waals surface area contributed by atoms with Gasteiger partial charge in [0.05, 0.1) is 13.2 Å². The SMILES string of the molecule is CC(C)C1CNC(C(C)(C)C)CN1CCOCCN(C)C. The summed E-state index contributed by atoms with van der Waals surface area (Å²) < 4.78 is 5.79. The Kier molecular flexibility index (Phi) is 7.62. The molecule has 0 radical (unpaired) electrons. The lowest BCUT2D eigenvalue weighted by molar-refractivity contribution is 0.0290. The third-order valence-corrected chi connectivity index (χ3v) is 4.48. The number of hydrogen-bond donors (Lipinski definition) is 1. The van der Waals surface area contributed by atoms with Gasteiger partial charge in [-0.25, -0.2) is 0 Å². The molecule has 0 aliphatic carbocycles. The lowest BCUT2D eigenvalue weighted by atomic mass is 9.83. The minimum absolute atomic E-state index is 0.311. The predicted octanol–water partition coefficient (Wildman–Crippen LogP) is 1.91. The van der Waals surface area contributed by atoms with Gasteiger partial charge in [-0.05, 0) is 25.4 Å². The first-order chi connectivity index (χ1) is 9.71. The highest BCUT2D eigenvalue weighted by molar-refractivity contribution is 4.92. The molecule has 2 unspecified atom stereocenters. The Balaban J connectivity index is 2.44. The van der Waals surface area contributed by atoms with Crippen molar-refractivity contribution in [1.29, 1.82) is 0 Å². The maximum Gasteiger partial charge on any atom is 0.0594 e. The molecule has 1 aliphatic rings. The number of nitrogens with one attached hydrogen (secondary N) is 1. The van der Waals surface area contributed by atoms with Crippen molar-refractivity contribution >= 4 is 0 Å². The summed E-state index contributed by atoms with van der Waals surface area (Å²) in [7, 11) is 4.17. The van der Waals surface area contributed by atoms with Gasteiger partial charge < -0.3 is 15.0 Å². The number of hydrogen-bond acceptors (Lipinski definition) is 4. The van der Waals surface area contributed by atoms with E-state index in [0.717, 1.165) is 39.4 Å². The maximum atomic E-state index is 5.79. The van der Waals surface area contributed by atoms with Crippen LogP contribution < -0.4 is 5.32 Å². The van der Waals surface area contributed by atoms with Crippen LogP contribution in [-0.4, -0.2) is 75.4 Å². The molecular formula is C17H37N3O. The molecular weight excluding hydrogens is 262 g/mol. The minimum atomic E-state index is 0.311. The maximum absolute atomic E-state index is 5.79. The molecule has 4 heteroatoms. The third-order valence-electron chi connectivity index (χ3n) is 4.48. The van der Waals surface area contributed by atoms with Crippen LogP contribution in [0.2, 0.25) is 0 Å². The highest BCUT2D eigenvalue weighted by atomic mass is 16.5. The topological polar surface area (TPSA) is 27.7 Å². The molecule has 1 fully saturated rings. The van der Waals surface area contributed by atoms with E-state index in [4.69, 9.17) is 4.74 Å². The van der Waals surface area contributed by atoms with Gasteiger partial charge in [-0.1, -0.05) is 34.6 Å². The number of piperazine rings is 1. The standard InChI is InChI=1S/C17H37N3O/c1-14(2)15-12-18-16(17(3,4)5)13-20(15)9-11-21-10-8-19(6)7/h14-16,18H,8-13H2,1-7H3. The Labute approximate surface area is 132 Å². The van der Waals surface area contributed by atoms with Crippen molar-refractivity contribution in [2.45, 2.75) is 46.7 Å². The summed E-state index contributed by atoms with van der Waals surface area (Å²) in [5, 5.41) is 3.75. The van der Waals surface area contributed by atoms with Crippen LogP contribution in [-0.2, 0) is 4.74 Å². The summed E-state index contributed by atoms with van der Waals surface area (Å²) in [6, 6.07) is 1.19. The van der Waals surface area contributed by atoms with Crippen LogP contribution in [0.15, 0.2) is 0 Å². The van der Waals surface area contributed by atoms with E-state index in [1.165, 1.54) is 0 Å². The highest BCUT2D eigenvalue weighted by Crippen LogP contribution is 2.25. The molecule has 0 bridgehead atoms. The van der Waals surface area contributed by atoms with Crippen molar-refractivity contribution in [3.8, 4) is 0 Å². The van der Waals surface area contributed by atoms with E-state index in [-0.39, 0.29) is 0 Å². The quantitative estimate of drug-likeness (QED) is 0.727. The number of ether oxygens (including phenoxy) is 1. The van der Waals surface area contributed by atoms with Crippen LogP contribution in [0.25, 0.3) is 0 Å². The zero-order valence-corrected chi connectivity index (χ0v) is 15.3. The molecule has 21 heavy (non-hydrogen) atoms. The molecule has 0 spiro atoms. The molecule has 4 nitrogen and oxygen atoms in total.